The molecular formula is C25H18F6N4O3S. The zero-order valence-electron chi connectivity index (χ0n) is 19.9. The molecule has 0 radical (unpaired) electrons. The van der Waals surface area contributed by atoms with E-state index in [9.17, 15) is 39.9 Å². The number of alkyl halides is 6. The zero-order valence-corrected chi connectivity index (χ0v) is 20.7. The predicted molar refractivity (Wildman–Crippen MR) is 128 cm³/mol. The number of aryl methyl sites for hydroxylation is 1. The zero-order chi connectivity index (χ0) is 28.3. The van der Waals surface area contributed by atoms with Gasteiger partial charge in [-0.1, -0.05) is 17.7 Å². The van der Waals surface area contributed by atoms with Crippen molar-refractivity contribution in [2.24, 2.45) is 0 Å². The molecule has 0 saturated heterocycles. The molecule has 7 nitrogen and oxygen atoms in total. The van der Waals surface area contributed by atoms with Crippen LogP contribution in [0.5, 0.6) is 5.88 Å². The van der Waals surface area contributed by atoms with Gasteiger partial charge in [-0.3, -0.25) is 0 Å². The van der Waals surface area contributed by atoms with Crippen LogP contribution in [0.2, 0.25) is 0 Å². The maximum Gasteiger partial charge on any atom is 0.416 e. The predicted octanol–water partition coefficient (Wildman–Crippen LogP) is 5.74. The SMILES string of the molecule is Cc1ccc(S(=O)(=O)N2CCc3c(nn(-c4cc(C(F)(F)F)cc(C(F)(F)F)c4)c3O)-c3cccnc32)cc1. The number of halogens is 6. The Labute approximate surface area is 218 Å². The summed E-state index contributed by atoms with van der Waals surface area (Å²) in [7, 11) is -4.13. The number of hydrogen-bond acceptors (Lipinski definition) is 5. The fraction of sp³-hybridized carbons (Fsp3) is 0.200. The molecule has 0 saturated carbocycles. The molecule has 1 aliphatic rings. The number of rotatable bonds is 3. The number of sulfonamides is 1. The van der Waals surface area contributed by atoms with E-state index in [1.165, 1.54) is 30.5 Å². The Morgan fingerprint density at radius 3 is 2.13 bits per heavy atom. The summed E-state index contributed by atoms with van der Waals surface area (Å²) in [6.45, 7) is 1.56. The van der Waals surface area contributed by atoms with Crippen LogP contribution >= 0.6 is 0 Å². The molecule has 2 aromatic heterocycles. The highest BCUT2D eigenvalue weighted by Crippen LogP contribution is 2.42. The maximum absolute atomic E-state index is 13.5. The molecule has 0 aliphatic carbocycles. The summed E-state index contributed by atoms with van der Waals surface area (Å²) in [5.74, 6) is -0.775. The summed E-state index contributed by atoms with van der Waals surface area (Å²) >= 11 is 0. The van der Waals surface area contributed by atoms with Gasteiger partial charge >= 0.3 is 12.4 Å². The van der Waals surface area contributed by atoms with Gasteiger partial charge in [-0.05, 0) is 55.8 Å². The molecule has 0 spiro atoms. The van der Waals surface area contributed by atoms with E-state index in [2.05, 4.69) is 10.1 Å². The van der Waals surface area contributed by atoms with Crippen molar-refractivity contribution in [1.29, 1.82) is 0 Å². The molecule has 3 heterocycles. The van der Waals surface area contributed by atoms with Crippen LogP contribution in [0, 0.1) is 6.92 Å². The molecule has 2 aromatic carbocycles. The van der Waals surface area contributed by atoms with Crippen molar-refractivity contribution in [2.45, 2.75) is 30.6 Å². The van der Waals surface area contributed by atoms with Crippen molar-refractivity contribution < 1.29 is 39.9 Å². The van der Waals surface area contributed by atoms with Gasteiger partial charge in [0.05, 0.1) is 21.7 Å². The van der Waals surface area contributed by atoms with E-state index in [4.69, 9.17) is 0 Å². The van der Waals surface area contributed by atoms with Gasteiger partial charge in [-0.25, -0.2) is 22.4 Å². The third-order valence-corrected chi connectivity index (χ3v) is 8.03. The van der Waals surface area contributed by atoms with Crippen molar-refractivity contribution in [3.05, 3.63) is 83.0 Å². The van der Waals surface area contributed by atoms with Gasteiger partial charge < -0.3 is 5.11 Å². The average Bonchev–Trinajstić information content (AvgIpc) is 3.09. The highest BCUT2D eigenvalue weighted by atomic mass is 32.2. The Balaban J connectivity index is 1.67. The average molecular weight is 568 g/mol. The van der Waals surface area contributed by atoms with E-state index >= 15 is 0 Å². The first-order chi connectivity index (χ1) is 18.2. The molecule has 1 N–H and O–H groups in total. The van der Waals surface area contributed by atoms with Gasteiger partial charge in [0.2, 0.25) is 5.88 Å². The largest absolute Gasteiger partial charge is 0.493 e. The van der Waals surface area contributed by atoms with Crippen molar-refractivity contribution in [3.63, 3.8) is 0 Å². The number of aromatic hydroxyl groups is 1. The van der Waals surface area contributed by atoms with Crippen LogP contribution in [0.1, 0.15) is 22.3 Å². The molecule has 14 heteroatoms. The van der Waals surface area contributed by atoms with Crippen LogP contribution in [0.3, 0.4) is 0 Å². The molecule has 1 aliphatic heterocycles. The highest BCUT2D eigenvalue weighted by Gasteiger charge is 2.38. The smallest absolute Gasteiger partial charge is 0.416 e. The van der Waals surface area contributed by atoms with E-state index in [0.717, 1.165) is 9.87 Å². The van der Waals surface area contributed by atoms with E-state index in [-0.39, 0.29) is 46.6 Å². The first-order valence-electron chi connectivity index (χ1n) is 11.3. The molecule has 5 rings (SSSR count). The lowest BCUT2D eigenvalue weighted by Crippen LogP contribution is -2.33. The Morgan fingerprint density at radius 2 is 1.54 bits per heavy atom. The number of aromatic nitrogens is 3. The lowest BCUT2D eigenvalue weighted by atomic mass is 10.1. The Bertz CT molecular complexity index is 1650. The van der Waals surface area contributed by atoms with Crippen LogP contribution in [0.25, 0.3) is 16.9 Å². The quantitative estimate of drug-likeness (QED) is 0.319. The van der Waals surface area contributed by atoms with Crippen molar-refractivity contribution in [3.8, 4) is 22.8 Å². The van der Waals surface area contributed by atoms with Crippen LogP contribution < -0.4 is 4.31 Å². The van der Waals surface area contributed by atoms with Gasteiger partial charge in [-0.2, -0.15) is 31.4 Å². The lowest BCUT2D eigenvalue weighted by molar-refractivity contribution is -0.143. The fourth-order valence-electron chi connectivity index (χ4n) is 4.30. The fourth-order valence-corrected chi connectivity index (χ4v) is 5.74. The summed E-state index contributed by atoms with van der Waals surface area (Å²) in [4.78, 5) is 4.18. The number of benzene rings is 2. The molecular weight excluding hydrogens is 550 g/mol. The minimum absolute atomic E-state index is 0.0119. The lowest BCUT2D eigenvalue weighted by Gasteiger charge is -2.23. The van der Waals surface area contributed by atoms with Gasteiger partial charge in [-0.15, -0.1) is 0 Å². The minimum atomic E-state index is -5.10. The van der Waals surface area contributed by atoms with Gasteiger partial charge in [0, 0.05) is 23.9 Å². The second kappa shape index (κ2) is 9.00. The second-order valence-corrected chi connectivity index (χ2v) is 10.7. The number of anilines is 1. The molecule has 0 fully saturated rings. The summed E-state index contributed by atoms with van der Waals surface area (Å²) in [5.41, 5.74) is -2.84. The van der Waals surface area contributed by atoms with Crippen LogP contribution in [-0.2, 0) is 28.8 Å². The molecule has 4 aromatic rings. The second-order valence-electron chi connectivity index (χ2n) is 8.84. The third-order valence-electron chi connectivity index (χ3n) is 6.23. The molecule has 0 amide bonds. The number of nitrogens with zero attached hydrogens (tertiary/aromatic N) is 4. The first-order valence-corrected chi connectivity index (χ1v) is 12.8. The number of pyridine rings is 1. The topological polar surface area (TPSA) is 88.3 Å². The van der Waals surface area contributed by atoms with Crippen molar-refractivity contribution >= 4 is 15.8 Å². The Hall–Kier alpha value is -4.07. The van der Waals surface area contributed by atoms with Crippen LogP contribution in [0.4, 0.5) is 32.2 Å². The van der Waals surface area contributed by atoms with Crippen LogP contribution in [-0.4, -0.2) is 34.8 Å². The summed E-state index contributed by atoms with van der Waals surface area (Å²) in [6.07, 6.45) is -9.02. The van der Waals surface area contributed by atoms with E-state index in [1.54, 1.807) is 19.1 Å². The van der Waals surface area contributed by atoms with E-state index in [1.807, 2.05) is 0 Å². The molecule has 0 bridgehead atoms. The molecule has 39 heavy (non-hydrogen) atoms. The number of hydrogen-bond donors (Lipinski definition) is 1. The molecule has 0 unspecified atom stereocenters. The minimum Gasteiger partial charge on any atom is -0.493 e. The summed E-state index contributed by atoms with van der Waals surface area (Å²) in [6, 6.07) is 9.89. The van der Waals surface area contributed by atoms with Crippen LogP contribution in [0.15, 0.2) is 65.7 Å². The van der Waals surface area contributed by atoms with Crippen molar-refractivity contribution in [2.75, 3.05) is 10.8 Å². The highest BCUT2D eigenvalue weighted by molar-refractivity contribution is 7.92. The number of fused-ring (bicyclic) bond motifs is 3. The van der Waals surface area contributed by atoms with E-state index < -0.39 is 45.1 Å². The van der Waals surface area contributed by atoms with Crippen molar-refractivity contribution in [1.82, 2.24) is 14.8 Å². The van der Waals surface area contributed by atoms with Gasteiger partial charge in [0.25, 0.3) is 10.0 Å². The van der Waals surface area contributed by atoms with Gasteiger partial charge in [0.1, 0.15) is 5.69 Å². The maximum atomic E-state index is 13.5. The summed E-state index contributed by atoms with van der Waals surface area (Å²) in [5, 5.41) is 15.1. The Kier molecular flexibility index (Phi) is 6.12. The normalized spacial score (nSPS) is 14.1. The third kappa shape index (κ3) is 4.68. The standard InChI is InChI=1S/C25H18F6N4O3S/c1-14-4-6-18(7-5-14)39(37,38)34-10-8-20-21(19-3-2-9-32-22(19)34)33-35(23(20)36)17-12-15(24(26,27)28)11-16(13-17)25(29,30)31/h2-7,9,11-13,36H,8,10H2,1H3. The molecule has 0 atom stereocenters. The molecule has 204 valence electrons. The first kappa shape index (κ1) is 26.5. The van der Waals surface area contributed by atoms with E-state index in [0.29, 0.717) is 16.8 Å². The summed E-state index contributed by atoms with van der Waals surface area (Å²) < 4.78 is 109. The Morgan fingerprint density at radius 1 is 0.923 bits per heavy atom. The monoisotopic (exact) mass is 568 g/mol. The van der Waals surface area contributed by atoms with Gasteiger partial charge in [0.15, 0.2) is 5.82 Å².